The number of rotatable bonds is 5. The van der Waals surface area contributed by atoms with Crippen LogP contribution in [0.5, 0.6) is 0 Å². The largest absolute Gasteiger partial charge is 0.452 e. The van der Waals surface area contributed by atoms with E-state index < -0.39 is 24.4 Å². The molecule has 0 aliphatic carbocycles. The summed E-state index contributed by atoms with van der Waals surface area (Å²) in [6, 6.07) is 10.3. The van der Waals surface area contributed by atoms with Crippen molar-refractivity contribution in [3.63, 3.8) is 0 Å². The highest BCUT2D eigenvalue weighted by Gasteiger charge is 2.13. The van der Waals surface area contributed by atoms with Gasteiger partial charge in [0.1, 0.15) is 0 Å². The highest BCUT2D eigenvalue weighted by Crippen LogP contribution is 2.29. The number of nitrogens with two attached hydrogens (primary N) is 1. The number of halogens is 2. The quantitative estimate of drug-likeness (QED) is 0.794. The second-order valence-electron chi connectivity index (χ2n) is 4.67. The zero-order valence-corrected chi connectivity index (χ0v) is 13.7. The summed E-state index contributed by atoms with van der Waals surface area (Å²) < 4.78 is 4.89. The first-order valence-electron chi connectivity index (χ1n) is 6.69. The Morgan fingerprint density at radius 2 is 1.62 bits per heavy atom. The van der Waals surface area contributed by atoms with Gasteiger partial charge in [0.25, 0.3) is 5.91 Å². The number of nitrogens with one attached hydrogen (secondary N) is 1. The molecular formula is C16H12Cl2N2O4. The molecule has 0 aromatic heterocycles. The van der Waals surface area contributed by atoms with Crippen LogP contribution in [0.1, 0.15) is 20.7 Å². The van der Waals surface area contributed by atoms with Gasteiger partial charge >= 0.3 is 5.97 Å². The number of ether oxygens (including phenoxy) is 1. The van der Waals surface area contributed by atoms with Crippen LogP contribution < -0.4 is 11.1 Å². The molecule has 0 saturated heterocycles. The molecule has 0 spiro atoms. The molecule has 0 aliphatic rings. The summed E-state index contributed by atoms with van der Waals surface area (Å²) in [6.45, 7) is -0.501. The van der Waals surface area contributed by atoms with Crippen LogP contribution in [0.2, 0.25) is 10.0 Å². The summed E-state index contributed by atoms with van der Waals surface area (Å²) in [4.78, 5) is 34.6. The summed E-state index contributed by atoms with van der Waals surface area (Å²) in [5.74, 6) is -1.88. The molecule has 2 aromatic carbocycles. The van der Waals surface area contributed by atoms with Crippen molar-refractivity contribution in [3.8, 4) is 0 Å². The lowest BCUT2D eigenvalue weighted by Gasteiger charge is -2.09. The van der Waals surface area contributed by atoms with E-state index in [1.54, 1.807) is 18.2 Å². The van der Waals surface area contributed by atoms with Gasteiger partial charge in [-0.2, -0.15) is 0 Å². The highest BCUT2D eigenvalue weighted by atomic mass is 35.5. The van der Waals surface area contributed by atoms with Gasteiger partial charge in [0, 0.05) is 5.56 Å². The van der Waals surface area contributed by atoms with Crippen molar-refractivity contribution in [2.75, 3.05) is 11.9 Å². The molecule has 0 atom stereocenters. The lowest BCUT2D eigenvalue weighted by molar-refractivity contribution is -0.119. The van der Waals surface area contributed by atoms with Gasteiger partial charge in [0.2, 0.25) is 5.91 Å². The van der Waals surface area contributed by atoms with E-state index in [0.29, 0.717) is 10.7 Å². The maximum Gasteiger partial charge on any atom is 0.338 e. The van der Waals surface area contributed by atoms with E-state index in [0.717, 1.165) is 0 Å². The lowest BCUT2D eigenvalue weighted by atomic mass is 10.1. The predicted molar refractivity (Wildman–Crippen MR) is 90.3 cm³/mol. The van der Waals surface area contributed by atoms with Crippen LogP contribution in [0, 0.1) is 0 Å². The third-order valence-electron chi connectivity index (χ3n) is 2.97. The van der Waals surface area contributed by atoms with E-state index in [2.05, 4.69) is 5.32 Å². The normalized spacial score (nSPS) is 10.1. The molecule has 2 aromatic rings. The zero-order valence-electron chi connectivity index (χ0n) is 12.2. The van der Waals surface area contributed by atoms with Gasteiger partial charge in [-0.3, -0.25) is 9.59 Å². The Kier molecular flexibility index (Phi) is 5.78. The first kappa shape index (κ1) is 17.8. The third kappa shape index (κ3) is 4.47. The lowest BCUT2D eigenvalue weighted by Crippen LogP contribution is -2.21. The average molecular weight is 367 g/mol. The Labute approximate surface area is 147 Å². The molecule has 8 heteroatoms. The fourth-order valence-corrected chi connectivity index (χ4v) is 2.12. The molecule has 3 N–H and O–H groups in total. The van der Waals surface area contributed by atoms with Gasteiger partial charge < -0.3 is 15.8 Å². The first-order chi connectivity index (χ1) is 11.4. The van der Waals surface area contributed by atoms with Crippen LogP contribution in [0.4, 0.5) is 5.69 Å². The zero-order chi connectivity index (χ0) is 17.7. The van der Waals surface area contributed by atoms with Crippen LogP contribution in [0.15, 0.2) is 42.5 Å². The molecule has 6 nitrogen and oxygen atoms in total. The van der Waals surface area contributed by atoms with Crippen LogP contribution >= 0.6 is 23.2 Å². The van der Waals surface area contributed by atoms with E-state index in [1.165, 1.54) is 24.3 Å². The van der Waals surface area contributed by atoms with E-state index >= 15 is 0 Å². The average Bonchev–Trinajstić information content (AvgIpc) is 2.57. The molecule has 0 saturated carbocycles. The molecule has 0 unspecified atom stereocenters. The van der Waals surface area contributed by atoms with Gasteiger partial charge in [0.05, 0.1) is 21.3 Å². The Hall–Kier alpha value is -2.57. The molecular weight excluding hydrogens is 355 g/mol. The van der Waals surface area contributed by atoms with Crippen LogP contribution in [-0.2, 0) is 9.53 Å². The minimum Gasteiger partial charge on any atom is -0.452 e. The van der Waals surface area contributed by atoms with Crippen molar-refractivity contribution in [3.05, 3.63) is 63.6 Å². The van der Waals surface area contributed by atoms with Crippen molar-refractivity contribution in [1.29, 1.82) is 0 Å². The summed E-state index contributed by atoms with van der Waals surface area (Å²) in [6.07, 6.45) is 0. The van der Waals surface area contributed by atoms with Crippen LogP contribution in [0.25, 0.3) is 0 Å². The predicted octanol–water partition coefficient (Wildman–Crippen LogP) is 2.89. The molecule has 0 fully saturated rings. The first-order valence-corrected chi connectivity index (χ1v) is 7.45. The number of benzene rings is 2. The summed E-state index contributed by atoms with van der Waals surface area (Å²) in [5, 5.41) is 2.98. The Morgan fingerprint density at radius 1 is 1.00 bits per heavy atom. The van der Waals surface area contributed by atoms with E-state index in [9.17, 15) is 14.4 Å². The summed E-state index contributed by atoms with van der Waals surface area (Å²) in [7, 11) is 0. The molecule has 2 amide bonds. The smallest absolute Gasteiger partial charge is 0.338 e. The molecule has 0 bridgehead atoms. The van der Waals surface area contributed by atoms with Crippen molar-refractivity contribution < 1.29 is 19.1 Å². The van der Waals surface area contributed by atoms with Gasteiger partial charge in [0.15, 0.2) is 6.61 Å². The third-order valence-corrected chi connectivity index (χ3v) is 3.78. The number of hydrogen-bond donors (Lipinski definition) is 2. The maximum absolute atomic E-state index is 11.8. The molecule has 0 heterocycles. The number of anilines is 1. The molecule has 0 aliphatic heterocycles. The van der Waals surface area contributed by atoms with Gasteiger partial charge in [-0.1, -0.05) is 29.3 Å². The number of primary amides is 1. The molecule has 124 valence electrons. The highest BCUT2D eigenvalue weighted by molar-refractivity contribution is 6.44. The van der Waals surface area contributed by atoms with Crippen molar-refractivity contribution in [2.24, 2.45) is 5.73 Å². The number of carbonyl (C=O) groups is 3. The van der Waals surface area contributed by atoms with Gasteiger partial charge in [-0.15, -0.1) is 0 Å². The fourth-order valence-electron chi connectivity index (χ4n) is 1.77. The topological polar surface area (TPSA) is 98.5 Å². The second-order valence-corrected chi connectivity index (χ2v) is 5.45. The van der Waals surface area contributed by atoms with Crippen LogP contribution in [-0.4, -0.2) is 24.4 Å². The Bertz CT molecular complexity index is 791. The number of amides is 2. The van der Waals surface area contributed by atoms with Crippen molar-refractivity contribution >= 4 is 46.7 Å². The van der Waals surface area contributed by atoms with Gasteiger partial charge in [-0.05, 0) is 36.4 Å². The van der Waals surface area contributed by atoms with E-state index in [4.69, 9.17) is 33.7 Å². The summed E-state index contributed by atoms with van der Waals surface area (Å²) >= 11 is 11.8. The maximum atomic E-state index is 11.8. The molecule has 0 radical (unpaired) electrons. The standard InChI is InChI=1S/C16H12Cl2N2O4/c17-11-2-1-3-12(14(11)18)20-13(21)8-24-16(23)10-6-4-9(5-7-10)15(19)22/h1-7H,8H2,(H2,19,22)(H,20,21). The molecule has 24 heavy (non-hydrogen) atoms. The summed E-state index contributed by atoms with van der Waals surface area (Å²) in [5.41, 5.74) is 5.87. The van der Waals surface area contributed by atoms with E-state index in [1.807, 2.05) is 0 Å². The minimum absolute atomic E-state index is 0.189. The van der Waals surface area contributed by atoms with Crippen LogP contribution in [0.3, 0.4) is 0 Å². The van der Waals surface area contributed by atoms with Crippen molar-refractivity contribution in [2.45, 2.75) is 0 Å². The number of hydrogen-bond acceptors (Lipinski definition) is 4. The number of carbonyl (C=O) groups excluding carboxylic acids is 3. The molecule has 2 rings (SSSR count). The second kappa shape index (κ2) is 7.81. The van der Waals surface area contributed by atoms with Crippen molar-refractivity contribution in [1.82, 2.24) is 0 Å². The number of esters is 1. The minimum atomic E-state index is -0.710. The monoisotopic (exact) mass is 366 g/mol. The van der Waals surface area contributed by atoms with Gasteiger partial charge in [-0.25, -0.2) is 4.79 Å². The SMILES string of the molecule is NC(=O)c1ccc(C(=O)OCC(=O)Nc2cccc(Cl)c2Cl)cc1. The Morgan fingerprint density at radius 3 is 2.25 bits per heavy atom. The fraction of sp³-hybridized carbons (Fsp3) is 0.0625. The Balaban J connectivity index is 1.92. The van der Waals surface area contributed by atoms with E-state index in [-0.39, 0.29) is 16.1 Å².